The Morgan fingerprint density at radius 2 is 1.65 bits per heavy atom. The predicted octanol–water partition coefficient (Wildman–Crippen LogP) is 5.86. The summed E-state index contributed by atoms with van der Waals surface area (Å²) in [7, 11) is -3.80. The van der Waals surface area contributed by atoms with E-state index >= 15 is 0 Å². The Balaban J connectivity index is 1.57. The Morgan fingerprint density at radius 3 is 2.26 bits per heavy atom. The minimum absolute atomic E-state index is 0.153. The minimum atomic E-state index is -3.80. The zero-order valence-corrected chi connectivity index (χ0v) is 21.7. The van der Waals surface area contributed by atoms with Crippen molar-refractivity contribution in [2.45, 2.75) is 102 Å². The molecule has 0 aromatic heterocycles. The van der Waals surface area contributed by atoms with Crippen LogP contribution in [0.1, 0.15) is 90.9 Å². The number of benzene rings is 1. The molecule has 2 atom stereocenters. The Kier molecular flexibility index (Phi) is 10.1. The van der Waals surface area contributed by atoms with Crippen LogP contribution in [0.25, 0.3) is 0 Å². The molecule has 7 nitrogen and oxygen atoms in total. The van der Waals surface area contributed by atoms with Crippen LogP contribution in [0.2, 0.25) is 0 Å². The summed E-state index contributed by atoms with van der Waals surface area (Å²) in [4.78, 5) is 17.1. The maximum absolute atomic E-state index is 13.7. The second-order valence-corrected chi connectivity index (χ2v) is 11.3. The SMILES string of the molecule is CCCCCCCCCCCCOC1CC[N+]12C(CC(=O)OCC)=Nc1ccccc1S2(=O)=O. The van der Waals surface area contributed by atoms with Crippen molar-refractivity contribution >= 4 is 27.5 Å². The van der Waals surface area contributed by atoms with Gasteiger partial charge in [0.2, 0.25) is 12.1 Å². The number of quaternary nitrogens is 1. The molecule has 0 bridgehead atoms. The normalized spacial score (nSPS) is 22.6. The summed E-state index contributed by atoms with van der Waals surface area (Å²) < 4.78 is 38.3. The van der Waals surface area contributed by atoms with Crippen molar-refractivity contribution in [1.82, 2.24) is 0 Å². The summed E-state index contributed by atoms with van der Waals surface area (Å²) >= 11 is 0. The number of amidine groups is 1. The van der Waals surface area contributed by atoms with Gasteiger partial charge in [0.1, 0.15) is 17.9 Å². The molecule has 190 valence electrons. The van der Waals surface area contributed by atoms with Crippen LogP contribution in [-0.4, -0.2) is 50.1 Å². The van der Waals surface area contributed by atoms with Gasteiger partial charge in [-0.1, -0.05) is 76.8 Å². The van der Waals surface area contributed by atoms with Crippen LogP contribution in [0.15, 0.2) is 34.2 Å². The van der Waals surface area contributed by atoms with E-state index < -0.39 is 26.1 Å². The lowest BCUT2D eigenvalue weighted by atomic mass is 10.1. The highest BCUT2D eigenvalue weighted by molar-refractivity contribution is 7.86. The third-order valence-corrected chi connectivity index (χ3v) is 9.24. The zero-order chi connectivity index (χ0) is 24.4. The molecule has 0 saturated carbocycles. The molecule has 1 aromatic carbocycles. The first-order chi connectivity index (χ1) is 16.5. The van der Waals surface area contributed by atoms with E-state index in [1.54, 1.807) is 31.2 Å². The third kappa shape index (κ3) is 5.89. The van der Waals surface area contributed by atoms with Gasteiger partial charge in [0.15, 0.2) is 0 Å². The summed E-state index contributed by atoms with van der Waals surface area (Å²) in [5, 5.41) is 0. The van der Waals surface area contributed by atoms with Gasteiger partial charge < -0.3 is 9.47 Å². The van der Waals surface area contributed by atoms with Crippen LogP contribution in [0.3, 0.4) is 0 Å². The molecule has 1 aromatic rings. The third-order valence-electron chi connectivity index (χ3n) is 6.85. The summed E-state index contributed by atoms with van der Waals surface area (Å²) in [6.07, 6.45) is 12.3. The molecule has 0 aliphatic carbocycles. The Bertz CT molecular complexity index is 946. The first-order valence-corrected chi connectivity index (χ1v) is 14.5. The topological polar surface area (TPSA) is 82.0 Å². The Hall–Kier alpha value is -1.77. The average molecular weight is 494 g/mol. The molecule has 0 N–H and O–H groups in total. The van der Waals surface area contributed by atoms with Gasteiger partial charge in [-0.25, -0.2) is 0 Å². The van der Waals surface area contributed by atoms with Crippen LogP contribution in [0, 0.1) is 0 Å². The quantitative estimate of drug-likeness (QED) is 0.174. The van der Waals surface area contributed by atoms with Crippen molar-refractivity contribution in [2.24, 2.45) is 4.99 Å². The highest BCUT2D eigenvalue weighted by atomic mass is 32.2. The van der Waals surface area contributed by atoms with Crippen molar-refractivity contribution in [3.63, 3.8) is 0 Å². The molecule has 1 fully saturated rings. The lowest BCUT2D eigenvalue weighted by Gasteiger charge is -2.50. The number of sulfonamides is 1. The van der Waals surface area contributed by atoms with Gasteiger partial charge in [-0.3, -0.25) is 4.79 Å². The molecule has 3 rings (SSSR count). The molecule has 0 amide bonds. The lowest BCUT2D eigenvalue weighted by Crippen LogP contribution is -2.72. The number of rotatable bonds is 15. The highest BCUT2D eigenvalue weighted by Gasteiger charge is 2.63. The molecule has 1 spiro atoms. The van der Waals surface area contributed by atoms with Crippen molar-refractivity contribution in [2.75, 3.05) is 19.8 Å². The highest BCUT2D eigenvalue weighted by Crippen LogP contribution is 2.46. The molecule has 0 radical (unpaired) electrons. The number of unbranched alkanes of at least 4 members (excludes halogenated alkanes) is 9. The van der Waals surface area contributed by atoms with Gasteiger partial charge in [-0.2, -0.15) is 13.4 Å². The number of esters is 1. The van der Waals surface area contributed by atoms with Crippen LogP contribution >= 0.6 is 0 Å². The van der Waals surface area contributed by atoms with E-state index in [0.717, 1.165) is 12.8 Å². The fourth-order valence-electron chi connectivity index (χ4n) is 4.87. The number of para-hydroxylation sites is 1. The molecule has 2 aliphatic heterocycles. The van der Waals surface area contributed by atoms with Crippen molar-refractivity contribution < 1.29 is 26.6 Å². The standard InChI is InChI=1S/C26H41N2O5S/c1-3-5-6-7-8-9-10-11-12-15-20-33-25-18-19-28(25)24(21-26(29)32-4-2)27-22-16-13-14-17-23(22)34(28,30)31/h13-14,16-17,25H,3-12,15,18-21H2,1-2H3/q+1. The smallest absolute Gasteiger partial charge is 0.337 e. The monoisotopic (exact) mass is 493 g/mol. The first-order valence-electron chi connectivity index (χ1n) is 13.0. The Morgan fingerprint density at radius 1 is 1.00 bits per heavy atom. The van der Waals surface area contributed by atoms with E-state index in [1.165, 1.54) is 51.4 Å². The molecule has 2 heterocycles. The summed E-state index contributed by atoms with van der Waals surface area (Å²) in [6.45, 7) is 5.10. The number of carbonyl (C=O) groups is 1. The van der Waals surface area contributed by atoms with E-state index in [4.69, 9.17) is 9.47 Å². The second kappa shape index (κ2) is 12.8. The summed E-state index contributed by atoms with van der Waals surface area (Å²) in [6, 6.07) is 6.73. The molecule has 8 heteroatoms. The van der Waals surface area contributed by atoms with Crippen molar-refractivity contribution in [1.29, 1.82) is 0 Å². The minimum Gasteiger partial charge on any atom is -0.466 e. The fourth-order valence-corrected chi connectivity index (χ4v) is 7.06. The molecular weight excluding hydrogens is 452 g/mol. The van der Waals surface area contributed by atoms with Gasteiger partial charge in [-0.05, 0) is 25.5 Å². The average Bonchev–Trinajstić information content (AvgIpc) is 2.79. The maximum Gasteiger partial charge on any atom is 0.337 e. The van der Waals surface area contributed by atoms with E-state index in [1.807, 2.05) is 0 Å². The van der Waals surface area contributed by atoms with Gasteiger partial charge in [-0.15, -0.1) is 3.89 Å². The van der Waals surface area contributed by atoms with Gasteiger partial charge >= 0.3 is 16.0 Å². The molecule has 2 aliphatic rings. The number of carbonyl (C=O) groups excluding carboxylic acids is 1. The van der Waals surface area contributed by atoms with E-state index in [-0.39, 0.29) is 17.9 Å². The molecule has 2 unspecified atom stereocenters. The zero-order valence-electron chi connectivity index (χ0n) is 20.8. The number of ether oxygens (including phenoxy) is 2. The predicted molar refractivity (Wildman–Crippen MR) is 133 cm³/mol. The van der Waals surface area contributed by atoms with Gasteiger partial charge in [0.05, 0.1) is 25.3 Å². The van der Waals surface area contributed by atoms with E-state index in [2.05, 4.69) is 11.9 Å². The lowest BCUT2D eigenvalue weighted by molar-refractivity contribution is -0.826. The van der Waals surface area contributed by atoms with Crippen LogP contribution in [-0.2, 0) is 24.3 Å². The number of hydrogen-bond acceptors (Lipinski definition) is 6. The summed E-state index contributed by atoms with van der Waals surface area (Å²) in [5.74, 6) is -0.162. The van der Waals surface area contributed by atoms with Crippen LogP contribution in [0.5, 0.6) is 0 Å². The number of nitrogens with zero attached hydrogens (tertiary/aromatic N) is 2. The molecule has 1 saturated heterocycles. The van der Waals surface area contributed by atoms with Crippen molar-refractivity contribution in [3.05, 3.63) is 24.3 Å². The first kappa shape index (κ1) is 26.8. The maximum atomic E-state index is 13.7. The summed E-state index contributed by atoms with van der Waals surface area (Å²) in [5.41, 5.74) is 0.380. The number of aliphatic imine (C=N–C) groups is 1. The Labute approximate surface area is 205 Å². The van der Waals surface area contributed by atoms with Crippen LogP contribution < -0.4 is 0 Å². The second-order valence-electron chi connectivity index (χ2n) is 9.27. The van der Waals surface area contributed by atoms with Gasteiger partial charge in [0.25, 0.3) is 0 Å². The fraction of sp³-hybridized carbons (Fsp3) is 0.692. The number of fused-ring (bicyclic) bond motifs is 1. The van der Waals surface area contributed by atoms with Gasteiger partial charge in [0, 0.05) is 0 Å². The van der Waals surface area contributed by atoms with Crippen molar-refractivity contribution in [3.8, 4) is 0 Å². The van der Waals surface area contributed by atoms with E-state index in [9.17, 15) is 13.2 Å². The van der Waals surface area contributed by atoms with E-state index in [0.29, 0.717) is 31.1 Å². The molecule has 34 heavy (non-hydrogen) atoms. The largest absolute Gasteiger partial charge is 0.466 e. The van der Waals surface area contributed by atoms with Crippen LogP contribution in [0.4, 0.5) is 5.69 Å². The molecular formula is C26H41N2O5S+. The number of hydrogen-bond donors (Lipinski definition) is 0.